The summed E-state index contributed by atoms with van der Waals surface area (Å²) in [6.45, 7) is 5.07. The van der Waals surface area contributed by atoms with Crippen molar-refractivity contribution in [3.8, 4) is 0 Å². The standard InChI is InChI=1S/C14H17N3O2/c1-10(2)9-13(18)16-11-3-5-12(6-4-11)17-8-7-15-14(17)19/h3-6,9H,7-8H2,1-2H3,(H,15,19)(H,16,18). The fourth-order valence-corrected chi connectivity index (χ4v) is 1.88. The van der Waals surface area contributed by atoms with E-state index >= 15 is 0 Å². The normalized spacial score (nSPS) is 14.0. The van der Waals surface area contributed by atoms with Gasteiger partial charge in [-0.2, -0.15) is 0 Å². The second-order valence-electron chi connectivity index (χ2n) is 4.64. The molecule has 0 radical (unpaired) electrons. The molecule has 1 aliphatic heterocycles. The highest BCUT2D eigenvalue weighted by Crippen LogP contribution is 2.19. The molecule has 0 atom stereocenters. The number of allylic oxidation sites excluding steroid dienone is 1. The van der Waals surface area contributed by atoms with Gasteiger partial charge in [0, 0.05) is 30.5 Å². The molecule has 1 saturated heterocycles. The Labute approximate surface area is 112 Å². The van der Waals surface area contributed by atoms with Gasteiger partial charge >= 0.3 is 6.03 Å². The first-order chi connectivity index (χ1) is 9.06. The molecule has 19 heavy (non-hydrogen) atoms. The molecular formula is C14H17N3O2. The van der Waals surface area contributed by atoms with Gasteiger partial charge in [0.05, 0.1) is 0 Å². The van der Waals surface area contributed by atoms with Gasteiger partial charge in [-0.3, -0.25) is 9.69 Å². The number of nitrogens with one attached hydrogen (secondary N) is 2. The number of hydrogen-bond donors (Lipinski definition) is 2. The lowest BCUT2D eigenvalue weighted by atomic mass is 10.2. The largest absolute Gasteiger partial charge is 0.336 e. The Morgan fingerprint density at radius 1 is 1.32 bits per heavy atom. The highest BCUT2D eigenvalue weighted by atomic mass is 16.2. The van der Waals surface area contributed by atoms with Crippen molar-refractivity contribution in [2.24, 2.45) is 0 Å². The van der Waals surface area contributed by atoms with E-state index in [2.05, 4.69) is 10.6 Å². The van der Waals surface area contributed by atoms with E-state index in [9.17, 15) is 9.59 Å². The molecule has 0 unspecified atom stereocenters. The average molecular weight is 259 g/mol. The zero-order chi connectivity index (χ0) is 13.8. The number of carbonyl (C=O) groups excluding carboxylic acids is 2. The molecule has 0 bridgehead atoms. The Morgan fingerprint density at radius 3 is 2.53 bits per heavy atom. The summed E-state index contributed by atoms with van der Waals surface area (Å²) in [7, 11) is 0. The second kappa shape index (κ2) is 5.56. The van der Waals surface area contributed by atoms with Crippen LogP contribution in [-0.2, 0) is 4.79 Å². The van der Waals surface area contributed by atoms with Gasteiger partial charge in [-0.1, -0.05) is 5.57 Å². The van der Waals surface area contributed by atoms with E-state index in [1.807, 2.05) is 26.0 Å². The van der Waals surface area contributed by atoms with Crippen molar-refractivity contribution in [1.82, 2.24) is 5.32 Å². The molecule has 100 valence electrons. The fraction of sp³-hybridized carbons (Fsp3) is 0.286. The highest BCUT2D eigenvalue weighted by Gasteiger charge is 2.20. The lowest BCUT2D eigenvalue weighted by Crippen LogP contribution is -2.27. The number of hydrogen-bond acceptors (Lipinski definition) is 2. The van der Waals surface area contributed by atoms with Crippen LogP contribution in [0, 0.1) is 0 Å². The Hall–Kier alpha value is -2.30. The first-order valence-electron chi connectivity index (χ1n) is 6.17. The second-order valence-corrected chi connectivity index (χ2v) is 4.64. The third-order valence-corrected chi connectivity index (χ3v) is 2.72. The van der Waals surface area contributed by atoms with E-state index in [0.29, 0.717) is 18.8 Å². The quantitative estimate of drug-likeness (QED) is 0.817. The van der Waals surface area contributed by atoms with Crippen molar-refractivity contribution in [1.29, 1.82) is 0 Å². The molecule has 1 heterocycles. The summed E-state index contributed by atoms with van der Waals surface area (Å²) in [5, 5.41) is 5.51. The van der Waals surface area contributed by atoms with Crippen molar-refractivity contribution in [3.63, 3.8) is 0 Å². The molecule has 2 rings (SSSR count). The monoisotopic (exact) mass is 259 g/mol. The predicted molar refractivity (Wildman–Crippen MR) is 75.2 cm³/mol. The molecule has 1 aliphatic rings. The predicted octanol–water partition coefficient (Wildman–Crippen LogP) is 2.12. The lowest BCUT2D eigenvalue weighted by molar-refractivity contribution is -0.111. The summed E-state index contributed by atoms with van der Waals surface area (Å²) >= 11 is 0. The lowest BCUT2D eigenvalue weighted by Gasteiger charge is -2.14. The Balaban J connectivity index is 2.04. The van der Waals surface area contributed by atoms with Crippen molar-refractivity contribution in [2.75, 3.05) is 23.3 Å². The third kappa shape index (κ3) is 3.34. The molecule has 5 nitrogen and oxygen atoms in total. The topological polar surface area (TPSA) is 61.4 Å². The van der Waals surface area contributed by atoms with Gasteiger partial charge in [-0.05, 0) is 38.1 Å². The number of nitrogens with zero attached hydrogens (tertiary/aromatic N) is 1. The summed E-state index contributed by atoms with van der Waals surface area (Å²) < 4.78 is 0. The van der Waals surface area contributed by atoms with Crippen LogP contribution in [0.25, 0.3) is 0 Å². The van der Waals surface area contributed by atoms with Crippen LogP contribution in [0.15, 0.2) is 35.9 Å². The van der Waals surface area contributed by atoms with Crippen molar-refractivity contribution >= 4 is 23.3 Å². The van der Waals surface area contributed by atoms with Gasteiger partial charge < -0.3 is 10.6 Å². The summed E-state index contributed by atoms with van der Waals surface area (Å²) in [5.74, 6) is -0.147. The van der Waals surface area contributed by atoms with Crippen molar-refractivity contribution in [3.05, 3.63) is 35.9 Å². The Kier molecular flexibility index (Phi) is 3.85. The molecular weight excluding hydrogens is 242 g/mol. The van der Waals surface area contributed by atoms with Gasteiger partial charge in [0.25, 0.3) is 0 Å². The number of anilines is 2. The molecule has 1 fully saturated rings. The van der Waals surface area contributed by atoms with E-state index < -0.39 is 0 Å². The summed E-state index contributed by atoms with van der Waals surface area (Å²) in [6, 6.07) is 7.14. The number of rotatable bonds is 3. The van der Waals surface area contributed by atoms with Crippen LogP contribution in [0.2, 0.25) is 0 Å². The molecule has 2 N–H and O–H groups in total. The number of carbonyl (C=O) groups is 2. The minimum atomic E-state index is -0.147. The first-order valence-corrected chi connectivity index (χ1v) is 6.17. The maximum atomic E-state index is 11.6. The molecule has 5 heteroatoms. The summed E-state index contributed by atoms with van der Waals surface area (Å²) in [4.78, 5) is 24.7. The van der Waals surface area contributed by atoms with E-state index in [1.165, 1.54) is 0 Å². The Bertz CT molecular complexity index is 516. The molecule has 0 aromatic heterocycles. The van der Waals surface area contributed by atoms with Crippen LogP contribution < -0.4 is 15.5 Å². The van der Waals surface area contributed by atoms with Crippen LogP contribution >= 0.6 is 0 Å². The molecule has 0 spiro atoms. The van der Waals surface area contributed by atoms with E-state index in [4.69, 9.17) is 0 Å². The van der Waals surface area contributed by atoms with Crippen LogP contribution in [0.3, 0.4) is 0 Å². The number of urea groups is 1. The highest BCUT2D eigenvalue weighted by molar-refractivity contribution is 6.00. The first kappa shape index (κ1) is 13.1. The average Bonchev–Trinajstić information content (AvgIpc) is 2.75. The van der Waals surface area contributed by atoms with Crippen LogP contribution in [0.4, 0.5) is 16.2 Å². The van der Waals surface area contributed by atoms with E-state index in [0.717, 1.165) is 11.3 Å². The maximum absolute atomic E-state index is 11.6. The maximum Gasteiger partial charge on any atom is 0.321 e. The van der Waals surface area contributed by atoms with Crippen molar-refractivity contribution < 1.29 is 9.59 Å². The third-order valence-electron chi connectivity index (χ3n) is 2.72. The van der Waals surface area contributed by atoms with Gasteiger partial charge in [0.15, 0.2) is 0 Å². The Morgan fingerprint density at radius 2 is 2.00 bits per heavy atom. The molecule has 0 aliphatic carbocycles. The van der Waals surface area contributed by atoms with Crippen LogP contribution in [-0.4, -0.2) is 25.0 Å². The van der Waals surface area contributed by atoms with Crippen LogP contribution in [0.5, 0.6) is 0 Å². The molecule has 1 aromatic rings. The zero-order valence-corrected chi connectivity index (χ0v) is 11.1. The molecule has 1 aromatic carbocycles. The number of benzene rings is 1. The van der Waals surface area contributed by atoms with E-state index in [-0.39, 0.29) is 11.9 Å². The van der Waals surface area contributed by atoms with Gasteiger partial charge in [-0.15, -0.1) is 0 Å². The number of amides is 3. The minimum Gasteiger partial charge on any atom is -0.336 e. The van der Waals surface area contributed by atoms with Crippen molar-refractivity contribution in [2.45, 2.75) is 13.8 Å². The van der Waals surface area contributed by atoms with Gasteiger partial charge in [0.1, 0.15) is 0 Å². The molecule has 3 amide bonds. The van der Waals surface area contributed by atoms with Crippen LogP contribution in [0.1, 0.15) is 13.8 Å². The fourth-order valence-electron chi connectivity index (χ4n) is 1.88. The minimum absolute atomic E-state index is 0.0821. The van der Waals surface area contributed by atoms with Gasteiger partial charge in [-0.25, -0.2) is 4.79 Å². The van der Waals surface area contributed by atoms with Gasteiger partial charge in [0.2, 0.25) is 5.91 Å². The summed E-state index contributed by atoms with van der Waals surface area (Å²) in [6.07, 6.45) is 1.54. The smallest absolute Gasteiger partial charge is 0.321 e. The molecule has 0 saturated carbocycles. The SMILES string of the molecule is CC(C)=CC(=O)Nc1ccc(N2CCNC2=O)cc1. The summed E-state index contributed by atoms with van der Waals surface area (Å²) in [5.41, 5.74) is 2.49. The zero-order valence-electron chi connectivity index (χ0n) is 11.1. The van der Waals surface area contributed by atoms with E-state index in [1.54, 1.807) is 23.1 Å².